The summed E-state index contributed by atoms with van der Waals surface area (Å²) in [7, 11) is 0. The number of carbonyl (C=O) groups is 3. The van der Waals surface area contributed by atoms with Crippen LogP contribution in [-0.4, -0.2) is 44.0 Å². The molecule has 1 fully saturated rings. The molecule has 8 heteroatoms. The Hall–Kier alpha value is -2.90. The minimum Gasteiger partial charge on any atom is -0.382 e. The second kappa shape index (κ2) is 11.1. The number of benzene rings is 2. The van der Waals surface area contributed by atoms with Crippen molar-refractivity contribution in [2.45, 2.75) is 26.7 Å². The molecule has 0 aromatic heterocycles. The number of hydrogen-bond donors (Lipinski definition) is 2. The van der Waals surface area contributed by atoms with Crippen molar-refractivity contribution in [1.82, 2.24) is 5.32 Å². The summed E-state index contributed by atoms with van der Waals surface area (Å²) in [6.45, 7) is 5.77. The fourth-order valence-corrected chi connectivity index (χ4v) is 3.70. The monoisotopic (exact) mass is 457 g/mol. The maximum Gasteiger partial charge on any atom is 0.253 e. The van der Waals surface area contributed by atoms with Crippen LogP contribution in [0.5, 0.6) is 0 Å². The van der Waals surface area contributed by atoms with Crippen LogP contribution in [0, 0.1) is 12.8 Å². The lowest BCUT2D eigenvalue weighted by atomic mass is 10.1. The second-order valence-electron chi connectivity index (χ2n) is 7.68. The van der Waals surface area contributed by atoms with Crippen LogP contribution in [0.25, 0.3) is 0 Å². The van der Waals surface area contributed by atoms with Crippen molar-refractivity contribution in [2.24, 2.45) is 5.92 Å². The van der Waals surface area contributed by atoms with Crippen LogP contribution in [0.2, 0.25) is 5.02 Å². The van der Waals surface area contributed by atoms with E-state index in [1.54, 1.807) is 35.2 Å². The molecule has 3 rings (SSSR count). The molecule has 1 atom stereocenters. The van der Waals surface area contributed by atoms with Gasteiger partial charge < -0.3 is 20.3 Å². The fourth-order valence-electron chi connectivity index (χ4n) is 3.52. The Bertz CT molecular complexity index is 995. The lowest BCUT2D eigenvalue weighted by Crippen LogP contribution is -2.30. The van der Waals surface area contributed by atoms with E-state index >= 15 is 0 Å². The van der Waals surface area contributed by atoms with Gasteiger partial charge in [0.25, 0.3) is 5.91 Å². The predicted molar refractivity (Wildman–Crippen MR) is 125 cm³/mol. The third kappa shape index (κ3) is 5.87. The molecule has 1 saturated heterocycles. The normalized spacial score (nSPS) is 15.7. The molecule has 0 aliphatic carbocycles. The number of anilines is 2. The van der Waals surface area contributed by atoms with Gasteiger partial charge in [0, 0.05) is 43.4 Å². The number of nitrogens with one attached hydrogen (secondary N) is 2. The van der Waals surface area contributed by atoms with Crippen molar-refractivity contribution >= 4 is 40.7 Å². The Morgan fingerprint density at radius 3 is 2.75 bits per heavy atom. The highest BCUT2D eigenvalue weighted by Gasteiger charge is 2.35. The molecule has 2 aromatic carbocycles. The Kier molecular flexibility index (Phi) is 8.25. The van der Waals surface area contributed by atoms with E-state index in [1.165, 1.54) is 0 Å². The number of hydrogen-bond acceptors (Lipinski definition) is 4. The highest BCUT2D eigenvalue weighted by molar-refractivity contribution is 6.31. The van der Waals surface area contributed by atoms with Crippen molar-refractivity contribution in [2.75, 3.05) is 36.5 Å². The zero-order valence-electron chi connectivity index (χ0n) is 18.3. The zero-order valence-corrected chi connectivity index (χ0v) is 19.1. The van der Waals surface area contributed by atoms with Gasteiger partial charge in [-0.15, -0.1) is 0 Å². The van der Waals surface area contributed by atoms with Crippen molar-refractivity contribution in [1.29, 1.82) is 0 Å². The largest absolute Gasteiger partial charge is 0.382 e. The van der Waals surface area contributed by atoms with Crippen LogP contribution in [0.4, 0.5) is 11.4 Å². The number of halogens is 1. The topological polar surface area (TPSA) is 87.7 Å². The minimum atomic E-state index is -0.523. The Labute approximate surface area is 193 Å². The van der Waals surface area contributed by atoms with E-state index in [1.807, 2.05) is 26.0 Å². The Balaban J connectivity index is 1.63. The fraction of sp³-hybridized carbons (Fsp3) is 0.375. The maximum atomic E-state index is 12.9. The van der Waals surface area contributed by atoms with Crippen LogP contribution >= 0.6 is 11.6 Å². The minimum absolute atomic E-state index is 0.100. The van der Waals surface area contributed by atoms with Gasteiger partial charge >= 0.3 is 0 Å². The molecule has 7 nitrogen and oxygen atoms in total. The highest BCUT2D eigenvalue weighted by atomic mass is 35.5. The summed E-state index contributed by atoms with van der Waals surface area (Å²) in [6, 6.07) is 12.2. The number of aryl methyl sites for hydroxylation is 1. The summed E-state index contributed by atoms with van der Waals surface area (Å²) < 4.78 is 5.27. The average molecular weight is 458 g/mol. The molecular formula is C24H28ClN3O4. The van der Waals surface area contributed by atoms with Gasteiger partial charge in [0.1, 0.15) is 0 Å². The molecule has 1 unspecified atom stereocenters. The highest BCUT2D eigenvalue weighted by Crippen LogP contribution is 2.29. The number of para-hydroxylation sites is 1. The summed E-state index contributed by atoms with van der Waals surface area (Å²) in [5.41, 5.74) is 2.39. The summed E-state index contributed by atoms with van der Waals surface area (Å²) in [5, 5.41) is 6.24. The first-order valence-electron chi connectivity index (χ1n) is 10.7. The van der Waals surface area contributed by atoms with E-state index < -0.39 is 5.92 Å². The molecule has 32 heavy (non-hydrogen) atoms. The van der Waals surface area contributed by atoms with E-state index in [0.29, 0.717) is 48.1 Å². The smallest absolute Gasteiger partial charge is 0.253 e. The van der Waals surface area contributed by atoms with Gasteiger partial charge in [-0.3, -0.25) is 14.4 Å². The lowest BCUT2D eigenvalue weighted by Gasteiger charge is -2.18. The summed E-state index contributed by atoms with van der Waals surface area (Å²) in [6.07, 6.45) is 0.806. The molecule has 170 valence electrons. The lowest BCUT2D eigenvalue weighted by molar-refractivity contribution is -0.122. The number of nitrogens with zero attached hydrogens (tertiary/aromatic N) is 1. The average Bonchev–Trinajstić information content (AvgIpc) is 3.17. The Morgan fingerprint density at radius 1 is 1.22 bits per heavy atom. The quantitative estimate of drug-likeness (QED) is 0.561. The van der Waals surface area contributed by atoms with Crippen LogP contribution in [0.15, 0.2) is 42.5 Å². The molecule has 2 N–H and O–H groups in total. The van der Waals surface area contributed by atoms with Gasteiger partial charge in [-0.1, -0.05) is 29.8 Å². The van der Waals surface area contributed by atoms with Gasteiger partial charge in [-0.2, -0.15) is 0 Å². The van der Waals surface area contributed by atoms with Crippen molar-refractivity contribution in [3.63, 3.8) is 0 Å². The maximum absolute atomic E-state index is 12.9. The van der Waals surface area contributed by atoms with Crippen LogP contribution in [0.1, 0.15) is 35.7 Å². The van der Waals surface area contributed by atoms with Gasteiger partial charge in [0.2, 0.25) is 11.8 Å². The summed E-state index contributed by atoms with van der Waals surface area (Å²) in [5.74, 6) is -1.22. The van der Waals surface area contributed by atoms with Gasteiger partial charge in [-0.05, 0) is 50.1 Å². The van der Waals surface area contributed by atoms with Crippen molar-refractivity contribution < 1.29 is 19.1 Å². The predicted octanol–water partition coefficient (Wildman–Crippen LogP) is 3.80. The number of amides is 3. The van der Waals surface area contributed by atoms with E-state index in [0.717, 1.165) is 5.56 Å². The number of ether oxygens (including phenoxy) is 1. The van der Waals surface area contributed by atoms with E-state index in [4.69, 9.17) is 16.3 Å². The van der Waals surface area contributed by atoms with Crippen molar-refractivity contribution in [3.05, 3.63) is 58.6 Å². The molecule has 0 saturated carbocycles. The molecular weight excluding hydrogens is 430 g/mol. The molecule has 1 heterocycles. The Morgan fingerprint density at radius 2 is 2.00 bits per heavy atom. The first kappa shape index (κ1) is 23.8. The van der Waals surface area contributed by atoms with Crippen LogP contribution in [-0.2, 0) is 14.3 Å². The van der Waals surface area contributed by atoms with Crippen LogP contribution < -0.4 is 15.5 Å². The molecule has 3 amide bonds. The van der Waals surface area contributed by atoms with E-state index in [9.17, 15) is 14.4 Å². The third-order valence-electron chi connectivity index (χ3n) is 5.35. The summed E-state index contributed by atoms with van der Waals surface area (Å²) in [4.78, 5) is 39.6. The molecule has 0 spiro atoms. The van der Waals surface area contributed by atoms with Crippen molar-refractivity contribution in [3.8, 4) is 0 Å². The molecule has 2 aromatic rings. The zero-order chi connectivity index (χ0) is 23.1. The first-order valence-corrected chi connectivity index (χ1v) is 11.1. The summed E-state index contributed by atoms with van der Waals surface area (Å²) >= 11 is 6.19. The number of rotatable bonds is 9. The second-order valence-corrected chi connectivity index (χ2v) is 8.09. The molecule has 1 aliphatic heterocycles. The van der Waals surface area contributed by atoms with E-state index in [-0.39, 0.29) is 30.7 Å². The van der Waals surface area contributed by atoms with Gasteiger partial charge in [0.05, 0.1) is 17.2 Å². The number of carbonyl (C=O) groups excluding carboxylic acids is 3. The first-order chi connectivity index (χ1) is 15.4. The van der Waals surface area contributed by atoms with Gasteiger partial charge in [-0.25, -0.2) is 0 Å². The molecule has 0 bridgehead atoms. The van der Waals surface area contributed by atoms with Gasteiger partial charge in [0.15, 0.2) is 0 Å². The SMILES string of the molecule is CCOCCCNC(=O)c1ccccc1NC(=O)C1CC(=O)N(c2ccc(C)c(Cl)c2)C1. The third-order valence-corrected chi connectivity index (χ3v) is 5.75. The van der Waals surface area contributed by atoms with Crippen LogP contribution in [0.3, 0.4) is 0 Å². The van der Waals surface area contributed by atoms with E-state index in [2.05, 4.69) is 10.6 Å². The molecule has 1 aliphatic rings. The molecule has 0 radical (unpaired) electrons. The standard InChI is InChI=1S/C24H28ClN3O4/c1-3-32-12-6-11-26-24(31)19-7-4-5-8-21(19)27-23(30)17-13-22(29)28(15-17)18-10-9-16(2)20(25)14-18/h4-5,7-10,14,17H,3,6,11-13,15H2,1-2H3,(H,26,31)(H,27,30).